The second-order valence-corrected chi connectivity index (χ2v) is 6.35. The predicted molar refractivity (Wildman–Crippen MR) is 91.1 cm³/mol. The van der Waals surface area contributed by atoms with Gasteiger partial charge in [-0.25, -0.2) is 4.52 Å². The van der Waals surface area contributed by atoms with E-state index < -0.39 is 0 Å². The van der Waals surface area contributed by atoms with E-state index in [2.05, 4.69) is 15.4 Å². The van der Waals surface area contributed by atoms with Crippen LogP contribution in [0.15, 0.2) is 41.3 Å². The third-order valence-corrected chi connectivity index (χ3v) is 4.66. The van der Waals surface area contributed by atoms with Crippen LogP contribution in [0.3, 0.4) is 0 Å². The Morgan fingerprint density at radius 1 is 1.22 bits per heavy atom. The maximum Gasteiger partial charge on any atom is 0.251 e. The van der Waals surface area contributed by atoms with Gasteiger partial charge in [0.25, 0.3) is 5.56 Å². The molecule has 1 aliphatic rings. The average Bonchev–Trinajstić information content (AvgIpc) is 2.98. The number of H-pyrrole nitrogens is 1. The van der Waals surface area contributed by atoms with E-state index in [-0.39, 0.29) is 5.56 Å². The number of hydrogen-bond donors (Lipinski definition) is 2. The van der Waals surface area contributed by atoms with Gasteiger partial charge in [0.2, 0.25) is 0 Å². The maximum atomic E-state index is 12.2. The molecular weight excluding hydrogens is 312 g/mol. The fourth-order valence-electron chi connectivity index (χ4n) is 3.29. The number of piperidine rings is 1. The highest BCUT2D eigenvalue weighted by Gasteiger charge is 2.20. The van der Waals surface area contributed by atoms with Gasteiger partial charge in [0.15, 0.2) is 0 Å². The molecule has 118 valence electrons. The zero-order valence-corrected chi connectivity index (χ0v) is 13.3. The Morgan fingerprint density at radius 3 is 2.83 bits per heavy atom. The molecule has 4 rings (SSSR count). The zero-order valence-electron chi connectivity index (χ0n) is 12.6. The molecule has 0 radical (unpaired) electrons. The van der Waals surface area contributed by atoms with Gasteiger partial charge in [-0.3, -0.25) is 4.79 Å². The molecule has 5 nitrogen and oxygen atoms in total. The second-order valence-electron chi connectivity index (χ2n) is 5.91. The minimum atomic E-state index is -0.0881. The van der Waals surface area contributed by atoms with Crippen LogP contribution < -0.4 is 10.9 Å². The summed E-state index contributed by atoms with van der Waals surface area (Å²) in [7, 11) is 0. The lowest BCUT2D eigenvalue weighted by Crippen LogP contribution is -2.28. The SMILES string of the molecule is O=c1cc(C2CCNCC2)n2ncc(-c3cccc(Cl)c3)c2[nH]1. The van der Waals surface area contributed by atoms with Crippen LogP contribution in [-0.4, -0.2) is 27.7 Å². The van der Waals surface area contributed by atoms with Crippen molar-refractivity contribution in [2.45, 2.75) is 18.8 Å². The van der Waals surface area contributed by atoms with E-state index >= 15 is 0 Å². The zero-order chi connectivity index (χ0) is 15.8. The summed E-state index contributed by atoms with van der Waals surface area (Å²) >= 11 is 6.09. The van der Waals surface area contributed by atoms with Crippen LogP contribution in [0.5, 0.6) is 0 Å². The van der Waals surface area contributed by atoms with Gasteiger partial charge in [-0.1, -0.05) is 23.7 Å². The quantitative estimate of drug-likeness (QED) is 0.760. The van der Waals surface area contributed by atoms with Crippen molar-refractivity contribution in [2.24, 2.45) is 0 Å². The molecule has 3 aromatic rings. The first kappa shape index (κ1) is 14.5. The lowest BCUT2D eigenvalue weighted by Gasteiger charge is -2.23. The predicted octanol–water partition coefficient (Wildman–Crippen LogP) is 2.81. The normalized spacial score (nSPS) is 16.0. The maximum absolute atomic E-state index is 12.2. The molecule has 2 N–H and O–H groups in total. The number of nitrogens with zero attached hydrogens (tertiary/aromatic N) is 2. The highest BCUT2D eigenvalue weighted by atomic mass is 35.5. The second kappa shape index (κ2) is 5.83. The Bertz CT molecular complexity index is 908. The Morgan fingerprint density at radius 2 is 2.04 bits per heavy atom. The van der Waals surface area contributed by atoms with Crippen molar-refractivity contribution in [2.75, 3.05) is 13.1 Å². The number of nitrogens with one attached hydrogen (secondary N) is 2. The molecule has 2 aromatic heterocycles. The van der Waals surface area contributed by atoms with Gasteiger partial charge >= 0.3 is 0 Å². The van der Waals surface area contributed by atoms with E-state index in [0.29, 0.717) is 10.9 Å². The number of fused-ring (bicyclic) bond motifs is 1. The highest BCUT2D eigenvalue weighted by molar-refractivity contribution is 6.30. The van der Waals surface area contributed by atoms with Gasteiger partial charge in [-0.05, 0) is 43.6 Å². The third kappa shape index (κ3) is 2.66. The van der Waals surface area contributed by atoms with Gasteiger partial charge in [0, 0.05) is 22.6 Å². The molecule has 1 aromatic carbocycles. The summed E-state index contributed by atoms with van der Waals surface area (Å²) in [5.74, 6) is 0.355. The summed E-state index contributed by atoms with van der Waals surface area (Å²) in [6.45, 7) is 1.95. The van der Waals surface area contributed by atoms with Crippen LogP contribution in [0, 0.1) is 0 Å². The average molecular weight is 329 g/mol. The van der Waals surface area contributed by atoms with Crippen molar-refractivity contribution in [1.29, 1.82) is 0 Å². The molecule has 1 aliphatic heterocycles. The Hall–Kier alpha value is -2.11. The molecule has 23 heavy (non-hydrogen) atoms. The van der Waals surface area contributed by atoms with Crippen molar-refractivity contribution in [3.63, 3.8) is 0 Å². The molecule has 1 fully saturated rings. The molecule has 6 heteroatoms. The van der Waals surface area contributed by atoms with Crippen LogP contribution in [0.2, 0.25) is 5.02 Å². The van der Waals surface area contributed by atoms with E-state index in [1.54, 1.807) is 12.3 Å². The smallest absolute Gasteiger partial charge is 0.251 e. The van der Waals surface area contributed by atoms with E-state index in [4.69, 9.17) is 11.6 Å². The molecule has 3 heterocycles. The summed E-state index contributed by atoms with van der Waals surface area (Å²) in [4.78, 5) is 15.1. The Kier molecular flexibility index (Phi) is 3.67. The van der Waals surface area contributed by atoms with Gasteiger partial charge < -0.3 is 10.3 Å². The minimum Gasteiger partial charge on any atom is -0.317 e. The standard InChI is InChI=1S/C17H17ClN4O/c18-13-3-1-2-12(8-13)14-10-20-22-15(9-16(23)21-17(14)22)11-4-6-19-7-5-11/h1-3,8-11,19H,4-7H2,(H,21,23). The van der Waals surface area contributed by atoms with Crippen molar-refractivity contribution >= 4 is 17.2 Å². The molecule has 0 bridgehead atoms. The summed E-state index contributed by atoms with van der Waals surface area (Å²) in [5, 5.41) is 8.54. The Labute approximate surface area is 138 Å². The molecule has 0 amide bonds. The van der Waals surface area contributed by atoms with E-state index in [9.17, 15) is 4.79 Å². The third-order valence-electron chi connectivity index (χ3n) is 4.43. The van der Waals surface area contributed by atoms with Gasteiger partial charge in [-0.15, -0.1) is 0 Å². The first-order chi connectivity index (χ1) is 11.2. The lowest BCUT2D eigenvalue weighted by atomic mass is 9.94. The minimum absolute atomic E-state index is 0.0881. The monoisotopic (exact) mass is 328 g/mol. The van der Waals surface area contributed by atoms with Crippen LogP contribution >= 0.6 is 11.6 Å². The number of aromatic amines is 1. The van der Waals surface area contributed by atoms with Gasteiger partial charge in [-0.2, -0.15) is 5.10 Å². The Balaban J connectivity index is 1.89. The molecule has 1 saturated heterocycles. The number of aromatic nitrogens is 3. The molecule has 0 saturated carbocycles. The first-order valence-corrected chi connectivity index (χ1v) is 8.18. The number of benzene rings is 1. The van der Waals surface area contributed by atoms with Crippen LogP contribution in [0.4, 0.5) is 0 Å². The lowest BCUT2D eigenvalue weighted by molar-refractivity contribution is 0.446. The largest absolute Gasteiger partial charge is 0.317 e. The fraction of sp³-hybridized carbons (Fsp3) is 0.294. The van der Waals surface area contributed by atoms with Crippen LogP contribution in [0.1, 0.15) is 24.5 Å². The topological polar surface area (TPSA) is 62.2 Å². The van der Waals surface area contributed by atoms with Crippen molar-refractivity contribution in [3.8, 4) is 11.1 Å². The molecule has 0 atom stereocenters. The fourth-order valence-corrected chi connectivity index (χ4v) is 3.48. The van der Waals surface area contributed by atoms with Crippen molar-refractivity contribution in [1.82, 2.24) is 19.9 Å². The molecule has 0 unspecified atom stereocenters. The number of halogens is 1. The van der Waals surface area contributed by atoms with Crippen LogP contribution in [0.25, 0.3) is 16.8 Å². The van der Waals surface area contributed by atoms with E-state index in [0.717, 1.165) is 48.4 Å². The first-order valence-electron chi connectivity index (χ1n) is 7.80. The van der Waals surface area contributed by atoms with Gasteiger partial charge in [0.05, 0.1) is 11.9 Å². The summed E-state index contributed by atoms with van der Waals surface area (Å²) < 4.78 is 1.87. The highest BCUT2D eigenvalue weighted by Crippen LogP contribution is 2.29. The van der Waals surface area contributed by atoms with Crippen molar-refractivity contribution < 1.29 is 0 Å². The van der Waals surface area contributed by atoms with Crippen molar-refractivity contribution in [3.05, 3.63) is 57.6 Å². The molecule has 0 spiro atoms. The number of hydrogen-bond acceptors (Lipinski definition) is 3. The van der Waals surface area contributed by atoms with E-state index in [1.165, 1.54) is 0 Å². The van der Waals surface area contributed by atoms with Crippen LogP contribution in [-0.2, 0) is 0 Å². The summed E-state index contributed by atoms with van der Waals surface area (Å²) in [5.41, 5.74) is 3.47. The summed E-state index contributed by atoms with van der Waals surface area (Å²) in [6, 6.07) is 9.26. The van der Waals surface area contributed by atoms with E-state index in [1.807, 2.05) is 28.8 Å². The number of rotatable bonds is 2. The molecular formula is C17H17ClN4O. The van der Waals surface area contributed by atoms with Gasteiger partial charge in [0.1, 0.15) is 5.65 Å². The molecule has 0 aliphatic carbocycles. The summed E-state index contributed by atoms with van der Waals surface area (Å²) in [6.07, 6.45) is 3.83.